The summed E-state index contributed by atoms with van der Waals surface area (Å²) in [6.07, 6.45) is 14.4. The Morgan fingerprint density at radius 3 is 2.73 bits per heavy atom. The van der Waals surface area contributed by atoms with Gasteiger partial charge in [-0.1, -0.05) is 6.92 Å². The zero-order valence-corrected chi connectivity index (χ0v) is 18.5. The van der Waals surface area contributed by atoms with Gasteiger partial charge in [-0.2, -0.15) is 10.4 Å². The summed E-state index contributed by atoms with van der Waals surface area (Å²) < 4.78 is 1.65. The van der Waals surface area contributed by atoms with Crippen molar-refractivity contribution in [2.24, 2.45) is 46.7 Å². The highest BCUT2D eigenvalue weighted by Crippen LogP contribution is 2.64. The van der Waals surface area contributed by atoms with E-state index in [9.17, 15) is 4.79 Å². The molecule has 1 aromatic rings. The highest BCUT2D eigenvalue weighted by Gasteiger charge is 2.58. The van der Waals surface area contributed by atoms with Crippen molar-refractivity contribution in [3.05, 3.63) is 18.0 Å². The number of hydrogen-bond donors (Lipinski definition) is 1. The lowest BCUT2D eigenvalue weighted by atomic mass is 9.48. The quantitative estimate of drug-likeness (QED) is 0.807. The van der Waals surface area contributed by atoms with Crippen LogP contribution in [0.3, 0.4) is 0 Å². The van der Waals surface area contributed by atoms with Crippen molar-refractivity contribution in [3.63, 3.8) is 0 Å². The minimum absolute atomic E-state index is 0.0416. The van der Waals surface area contributed by atoms with Crippen LogP contribution in [0.2, 0.25) is 0 Å². The lowest BCUT2D eigenvalue weighted by molar-refractivity contribution is -0.131. The monoisotopic (exact) mass is 408 g/mol. The van der Waals surface area contributed by atoms with Gasteiger partial charge in [0.05, 0.1) is 18.3 Å². The number of fused-ring (bicyclic) bond motifs is 5. The second kappa shape index (κ2) is 7.19. The van der Waals surface area contributed by atoms with E-state index >= 15 is 0 Å². The minimum Gasteiger partial charge on any atom is -0.325 e. The van der Waals surface area contributed by atoms with E-state index in [1.54, 1.807) is 17.1 Å². The van der Waals surface area contributed by atoms with Crippen molar-refractivity contribution in [2.75, 3.05) is 0 Å². The van der Waals surface area contributed by atoms with Crippen LogP contribution in [-0.4, -0.2) is 21.1 Å². The van der Waals surface area contributed by atoms with E-state index < -0.39 is 0 Å². The molecule has 4 aliphatic rings. The summed E-state index contributed by atoms with van der Waals surface area (Å²) in [5, 5.41) is 13.2. The molecule has 0 aromatic carbocycles. The van der Waals surface area contributed by atoms with Crippen LogP contribution in [0.1, 0.15) is 77.2 Å². The first-order valence-corrected chi connectivity index (χ1v) is 12.0. The molecule has 0 radical (unpaired) electrons. The van der Waals surface area contributed by atoms with Gasteiger partial charge >= 0.3 is 0 Å². The molecule has 0 aliphatic heterocycles. The number of carbonyl (C=O) groups excluding carboxylic acids is 1. The molecule has 30 heavy (non-hydrogen) atoms. The van der Waals surface area contributed by atoms with E-state index in [1.807, 2.05) is 0 Å². The lowest BCUT2D eigenvalue weighted by Gasteiger charge is -2.57. The van der Waals surface area contributed by atoms with Gasteiger partial charge in [0.25, 0.3) is 0 Å². The summed E-state index contributed by atoms with van der Waals surface area (Å²) >= 11 is 0. The number of rotatable bonds is 3. The van der Waals surface area contributed by atoms with Gasteiger partial charge in [-0.3, -0.25) is 9.48 Å². The van der Waals surface area contributed by atoms with Crippen LogP contribution in [0, 0.1) is 52.3 Å². The number of nitriles is 1. The third-order valence-corrected chi connectivity index (χ3v) is 9.76. The average molecular weight is 409 g/mol. The second-order valence-electron chi connectivity index (χ2n) is 11.5. The molecule has 0 spiro atoms. The Balaban J connectivity index is 1.30. The molecular weight excluding hydrogens is 372 g/mol. The highest BCUT2D eigenvalue weighted by atomic mass is 16.1. The third-order valence-electron chi connectivity index (χ3n) is 9.76. The molecule has 0 bridgehead atoms. The molecule has 5 heteroatoms. The van der Waals surface area contributed by atoms with E-state index in [0.717, 1.165) is 30.1 Å². The van der Waals surface area contributed by atoms with Crippen molar-refractivity contribution in [3.8, 4) is 6.07 Å². The Bertz CT molecular complexity index is 867. The maximum atomic E-state index is 13.3. The number of carbonyl (C=O) groups is 1. The van der Waals surface area contributed by atoms with Gasteiger partial charge in [0, 0.05) is 17.7 Å². The predicted octanol–water partition coefficient (Wildman–Crippen LogP) is 4.31. The number of aromatic nitrogens is 2. The fraction of sp³-hybridized carbons (Fsp3) is 0.800. The van der Waals surface area contributed by atoms with Crippen LogP contribution >= 0.6 is 0 Å². The maximum Gasteiger partial charge on any atom is 0.157 e. The minimum atomic E-state index is 0.0416. The van der Waals surface area contributed by atoms with Crippen LogP contribution in [0.5, 0.6) is 0 Å². The Morgan fingerprint density at radius 2 is 1.97 bits per heavy atom. The van der Waals surface area contributed by atoms with E-state index in [-0.39, 0.29) is 16.9 Å². The van der Waals surface area contributed by atoms with Crippen molar-refractivity contribution in [1.82, 2.24) is 9.78 Å². The van der Waals surface area contributed by atoms with E-state index in [1.165, 1.54) is 51.4 Å². The van der Waals surface area contributed by atoms with E-state index in [2.05, 4.69) is 25.0 Å². The smallest absolute Gasteiger partial charge is 0.157 e. The fourth-order valence-corrected chi connectivity index (χ4v) is 8.44. The third kappa shape index (κ3) is 3.23. The van der Waals surface area contributed by atoms with E-state index in [0.29, 0.717) is 23.8 Å². The second-order valence-corrected chi connectivity index (χ2v) is 11.5. The van der Waals surface area contributed by atoms with Gasteiger partial charge in [0.2, 0.25) is 0 Å². The first kappa shape index (κ1) is 20.2. The Hall–Kier alpha value is -1.67. The summed E-state index contributed by atoms with van der Waals surface area (Å²) in [4.78, 5) is 13.3. The molecule has 0 amide bonds. The lowest BCUT2D eigenvalue weighted by Crippen LogP contribution is -2.52. The van der Waals surface area contributed by atoms with E-state index in [4.69, 9.17) is 11.0 Å². The molecule has 1 heterocycles. The van der Waals surface area contributed by atoms with Crippen LogP contribution in [0.4, 0.5) is 0 Å². The molecule has 4 aliphatic carbocycles. The number of Topliss-reactive ketones (excluding diaryl/α,β-unsaturated/α-hetero) is 1. The molecule has 1 aromatic heterocycles. The van der Waals surface area contributed by atoms with Gasteiger partial charge in [-0.05, 0) is 99.7 Å². The molecule has 1 unspecified atom stereocenters. The molecule has 8 atom stereocenters. The normalized spacial score (nSPS) is 45.1. The van der Waals surface area contributed by atoms with Gasteiger partial charge in [0.15, 0.2) is 5.78 Å². The molecule has 162 valence electrons. The summed E-state index contributed by atoms with van der Waals surface area (Å²) in [5.41, 5.74) is 7.23. The number of ketones is 1. The summed E-state index contributed by atoms with van der Waals surface area (Å²) in [7, 11) is 0. The Labute approximate surface area is 180 Å². The maximum absolute atomic E-state index is 13.3. The zero-order valence-electron chi connectivity index (χ0n) is 18.5. The van der Waals surface area contributed by atoms with Crippen molar-refractivity contribution < 1.29 is 4.79 Å². The fourth-order valence-electron chi connectivity index (χ4n) is 8.44. The van der Waals surface area contributed by atoms with Crippen LogP contribution in [0.25, 0.3) is 0 Å². The number of nitrogens with zero attached hydrogens (tertiary/aromatic N) is 3. The first-order chi connectivity index (χ1) is 14.3. The molecule has 4 saturated carbocycles. The van der Waals surface area contributed by atoms with Crippen LogP contribution in [-0.2, 0) is 11.3 Å². The molecule has 5 nitrogen and oxygen atoms in total. The summed E-state index contributed by atoms with van der Waals surface area (Å²) in [5.74, 6) is 4.52. The summed E-state index contributed by atoms with van der Waals surface area (Å²) in [6, 6.07) is 2.10. The van der Waals surface area contributed by atoms with Crippen LogP contribution < -0.4 is 5.73 Å². The average Bonchev–Trinajstić information content (AvgIpc) is 3.30. The zero-order chi connectivity index (χ0) is 21.1. The molecular formula is C25H36N4O. The first-order valence-electron chi connectivity index (χ1n) is 12.0. The highest BCUT2D eigenvalue weighted by molar-refractivity contribution is 5.82. The molecule has 4 fully saturated rings. The Morgan fingerprint density at radius 1 is 1.17 bits per heavy atom. The van der Waals surface area contributed by atoms with Crippen LogP contribution in [0.15, 0.2) is 12.4 Å². The van der Waals surface area contributed by atoms with Gasteiger partial charge < -0.3 is 5.73 Å². The van der Waals surface area contributed by atoms with Crippen molar-refractivity contribution >= 4 is 5.78 Å². The van der Waals surface area contributed by atoms with Gasteiger partial charge in [-0.15, -0.1) is 0 Å². The standard InChI is InChI=1S/C25H36N4O/c1-24(27)9-7-18-17(11-24)3-4-20-19(18)8-10-25(2)21(20)5-6-22(25)23(30)15-29-14-16(12-26)13-28-29/h13-14,17-22H,3-11,15,27H2,1-2H3/t17-,18+,19?,20-,21+,22-,24+,25+/m1/s1. The molecule has 5 rings (SSSR count). The van der Waals surface area contributed by atoms with Crippen molar-refractivity contribution in [1.29, 1.82) is 5.26 Å². The van der Waals surface area contributed by atoms with Gasteiger partial charge in [-0.25, -0.2) is 0 Å². The van der Waals surface area contributed by atoms with Crippen molar-refractivity contribution in [2.45, 2.75) is 83.7 Å². The Kier molecular flexibility index (Phi) is 4.85. The number of nitrogens with two attached hydrogens (primary N) is 1. The molecule has 0 saturated heterocycles. The topological polar surface area (TPSA) is 84.7 Å². The number of hydrogen-bond acceptors (Lipinski definition) is 4. The SMILES string of the molecule is C[C@]1(N)CC[C@@H]2C3CC[C@]4(C)[C@@H](C(=O)Cn5cc(C#N)cn5)CC[C@H]4[C@@H]3CC[C@@H]2C1. The summed E-state index contributed by atoms with van der Waals surface area (Å²) in [6.45, 7) is 4.97. The largest absolute Gasteiger partial charge is 0.325 e. The molecule has 2 N–H and O–H groups in total. The predicted molar refractivity (Wildman–Crippen MR) is 115 cm³/mol. The van der Waals surface area contributed by atoms with Gasteiger partial charge in [0.1, 0.15) is 6.07 Å².